The summed E-state index contributed by atoms with van der Waals surface area (Å²) in [6.07, 6.45) is 3.81. The summed E-state index contributed by atoms with van der Waals surface area (Å²) in [6.45, 7) is 1.88. The highest BCUT2D eigenvalue weighted by molar-refractivity contribution is 5.87. The van der Waals surface area contributed by atoms with Crippen LogP contribution >= 0.6 is 0 Å². The van der Waals surface area contributed by atoms with Crippen LogP contribution in [0.3, 0.4) is 0 Å². The monoisotopic (exact) mass is 434 g/mol. The molecule has 4 rings (SSSR count). The van der Waals surface area contributed by atoms with Gasteiger partial charge in [-0.15, -0.1) is 0 Å². The highest BCUT2D eigenvalue weighted by atomic mass is 19.4. The summed E-state index contributed by atoms with van der Waals surface area (Å²) in [7, 11) is 3.30. The van der Waals surface area contributed by atoms with E-state index in [4.69, 9.17) is 4.74 Å². The zero-order valence-corrected chi connectivity index (χ0v) is 17.2. The van der Waals surface area contributed by atoms with Crippen LogP contribution < -0.4 is 4.74 Å². The molecule has 1 amide bonds. The van der Waals surface area contributed by atoms with E-state index in [1.165, 1.54) is 11.9 Å². The van der Waals surface area contributed by atoms with E-state index in [0.29, 0.717) is 36.3 Å². The Morgan fingerprint density at radius 1 is 1.39 bits per heavy atom. The smallest absolute Gasteiger partial charge is 0.409 e. The van der Waals surface area contributed by atoms with Gasteiger partial charge >= 0.3 is 12.2 Å². The van der Waals surface area contributed by atoms with E-state index in [1.807, 2.05) is 26.2 Å². The van der Waals surface area contributed by atoms with Crippen LogP contribution in [-0.4, -0.2) is 59.8 Å². The van der Waals surface area contributed by atoms with Gasteiger partial charge in [0.05, 0.1) is 11.9 Å². The number of likely N-dealkylation sites (N-methyl/N-ethyl adjacent to an activating group) is 1. The van der Waals surface area contributed by atoms with Crippen LogP contribution in [-0.2, 0) is 11.8 Å². The minimum Gasteiger partial charge on any atom is -0.458 e. The summed E-state index contributed by atoms with van der Waals surface area (Å²) in [5, 5.41) is 4.16. The van der Waals surface area contributed by atoms with Crippen LogP contribution in [0.5, 0.6) is 6.01 Å². The molecule has 8 nitrogen and oxygen atoms in total. The molecular weight excluding hydrogens is 413 g/mol. The zero-order valence-electron chi connectivity index (χ0n) is 17.2. The molecule has 11 heteroatoms. The Morgan fingerprint density at radius 2 is 2.13 bits per heavy atom. The molecule has 1 saturated carbocycles. The second-order valence-corrected chi connectivity index (χ2v) is 7.92. The lowest BCUT2D eigenvalue weighted by molar-refractivity contribution is -0.135. The van der Waals surface area contributed by atoms with Crippen molar-refractivity contribution in [3.05, 3.63) is 43.0 Å². The molecule has 0 bridgehead atoms. The Hall–Kier alpha value is -3.37. The van der Waals surface area contributed by atoms with Crippen molar-refractivity contribution in [2.75, 3.05) is 7.05 Å². The van der Waals surface area contributed by atoms with E-state index in [9.17, 15) is 18.0 Å². The fourth-order valence-corrected chi connectivity index (χ4v) is 3.65. The van der Waals surface area contributed by atoms with Gasteiger partial charge in [-0.25, -0.2) is 4.98 Å². The lowest BCUT2D eigenvalue weighted by atomic mass is 9.76. The van der Waals surface area contributed by atoms with Crippen molar-refractivity contribution in [3.63, 3.8) is 0 Å². The molecule has 164 valence electrons. The van der Waals surface area contributed by atoms with E-state index >= 15 is 0 Å². The van der Waals surface area contributed by atoms with Gasteiger partial charge in [0.2, 0.25) is 5.91 Å². The first-order chi connectivity index (χ1) is 14.5. The van der Waals surface area contributed by atoms with Crippen molar-refractivity contribution in [2.24, 2.45) is 7.05 Å². The number of hydrogen-bond acceptors (Lipinski definition) is 5. The quantitative estimate of drug-likeness (QED) is 0.577. The Balaban J connectivity index is 1.49. The van der Waals surface area contributed by atoms with Gasteiger partial charge in [-0.05, 0) is 6.92 Å². The summed E-state index contributed by atoms with van der Waals surface area (Å²) in [5.74, 6) is -0.696. The lowest BCUT2D eigenvalue weighted by Crippen LogP contribution is -2.56. The molecule has 1 aliphatic rings. The van der Waals surface area contributed by atoms with E-state index in [0.717, 1.165) is 5.56 Å². The van der Waals surface area contributed by atoms with Crippen LogP contribution in [0.4, 0.5) is 13.2 Å². The van der Waals surface area contributed by atoms with Crippen LogP contribution in [0.25, 0.3) is 16.9 Å². The van der Waals surface area contributed by atoms with Crippen molar-refractivity contribution in [2.45, 2.75) is 37.6 Å². The lowest BCUT2D eigenvalue weighted by Gasteiger charge is -2.47. The molecule has 0 atom stereocenters. The van der Waals surface area contributed by atoms with E-state index in [1.54, 1.807) is 27.7 Å². The van der Waals surface area contributed by atoms with Crippen molar-refractivity contribution < 1.29 is 22.7 Å². The number of hydrogen-bond donors (Lipinski definition) is 0. The average Bonchev–Trinajstić information content (AvgIpc) is 3.31. The summed E-state index contributed by atoms with van der Waals surface area (Å²) in [6, 6.07) is 1.95. The van der Waals surface area contributed by atoms with Crippen LogP contribution in [0.2, 0.25) is 0 Å². The fraction of sp³-hybridized carbons (Fsp3) is 0.400. The number of alkyl halides is 3. The molecule has 0 aliphatic heterocycles. The van der Waals surface area contributed by atoms with E-state index in [-0.39, 0.29) is 12.1 Å². The normalized spacial score (nSPS) is 21.4. The van der Waals surface area contributed by atoms with Gasteiger partial charge in [-0.2, -0.15) is 23.3 Å². The van der Waals surface area contributed by atoms with Gasteiger partial charge in [-0.3, -0.25) is 13.9 Å². The number of carbonyl (C=O) groups is 1. The Morgan fingerprint density at radius 3 is 2.77 bits per heavy atom. The summed E-state index contributed by atoms with van der Waals surface area (Å²) >= 11 is 0. The average molecular weight is 434 g/mol. The van der Waals surface area contributed by atoms with Gasteiger partial charge in [0.15, 0.2) is 0 Å². The molecule has 0 saturated heterocycles. The molecule has 31 heavy (non-hydrogen) atoms. The number of ether oxygens (including phenoxy) is 1. The molecule has 0 radical (unpaired) electrons. The van der Waals surface area contributed by atoms with Crippen LogP contribution in [0.15, 0.2) is 43.0 Å². The van der Waals surface area contributed by atoms with Gasteiger partial charge < -0.3 is 9.64 Å². The number of halogens is 3. The molecule has 3 aromatic heterocycles. The van der Waals surface area contributed by atoms with Gasteiger partial charge in [0.1, 0.15) is 11.2 Å². The molecular formula is C20H21F3N6O2. The predicted octanol–water partition coefficient (Wildman–Crippen LogP) is 3.01. The number of aromatic nitrogens is 5. The SMILES string of the molecule is CN(C(=O)/C=C/C(F)(F)F)C1CC(C)(Oc2nc(-c3cnn(C)c3)cc3nccn23)C1. The standard InChI is InChI=1S/C20H21F3N6O2/c1-19(9-14(10-19)28(3)17(30)4-5-20(21,22)23)31-18-26-15(13-11-25-27(2)12-13)8-16-24-6-7-29(16)18/h4-8,11-12,14H,9-10H2,1-3H3/b5-4+. The topological polar surface area (TPSA) is 77.6 Å². The van der Waals surface area contributed by atoms with Gasteiger partial charge in [0.25, 0.3) is 0 Å². The molecule has 0 aromatic carbocycles. The molecule has 0 spiro atoms. The largest absolute Gasteiger partial charge is 0.458 e. The second kappa shape index (κ2) is 7.40. The first-order valence-corrected chi connectivity index (χ1v) is 9.58. The van der Waals surface area contributed by atoms with Crippen molar-refractivity contribution in [1.82, 2.24) is 29.0 Å². The van der Waals surface area contributed by atoms with Crippen molar-refractivity contribution in [3.8, 4) is 17.3 Å². The van der Waals surface area contributed by atoms with Crippen molar-refractivity contribution in [1.29, 1.82) is 0 Å². The second-order valence-electron chi connectivity index (χ2n) is 7.92. The maximum Gasteiger partial charge on any atom is 0.409 e. The summed E-state index contributed by atoms with van der Waals surface area (Å²) in [4.78, 5) is 22.2. The predicted molar refractivity (Wildman–Crippen MR) is 105 cm³/mol. The summed E-state index contributed by atoms with van der Waals surface area (Å²) < 4.78 is 46.5. The Kier molecular flexibility index (Phi) is 4.98. The van der Waals surface area contributed by atoms with E-state index < -0.39 is 17.7 Å². The molecule has 1 fully saturated rings. The fourth-order valence-electron chi connectivity index (χ4n) is 3.65. The van der Waals surface area contributed by atoms with Crippen LogP contribution in [0, 0.1) is 0 Å². The summed E-state index contributed by atoms with van der Waals surface area (Å²) in [5.41, 5.74) is 1.51. The number of amides is 1. The molecule has 3 heterocycles. The Labute approximate surface area is 176 Å². The maximum atomic E-state index is 12.3. The van der Waals surface area contributed by atoms with Gasteiger partial charge in [-0.1, -0.05) is 0 Å². The number of nitrogens with zero attached hydrogens (tertiary/aromatic N) is 6. The molecule has 0 N–H and O–H groups in total. The van der Waals surface area contributed by atoms with Crippen LogP contribution in [0.1, 0.15) is 19.8 Å². The third-order valence-corrected chi connectivity index (χ3v) is 5.34. The molecule has 1 aliphatic carbocycles. The number of carbonyl (C=O) groups excluding carboxylic acids is 1. The third kappa shape index (κ3) is 4.39. The number of fused-ring (bicyclic) bond motifs is 1. The number of aryl methyl sites for hydroxylation is 1. The highest BCUT2D eigenvalue weighted by Crippen LogP contribution is 2.39. The van der Waals surface area contributed by atoms with Gasteiger partial charge in [0, 0.05) is 75.4 Å². The molecule has 3 aromatic rings. The number of imidazole rings is 1. The zero-order chi connectivity index (χ0) is 22.4. The van der Waals surface area contributed by atoms with Crippen molar-refractivity contribution >= 4 is 11.6 Å². The number of allylic oxidation sites excluding steroid dienone is 1. The third-order valence-electron chi connectivity index (χ3n) is 5.34. The highest BCUT2D eigenvalue weighted by Gasteiger charge is 2.46. The minimum absolute atomic E-state index is 0.0518. The Bertz CT molecular complexity index is 1140. The first-order valence-electron chi connectivity index (χ1n) is 9.58. The van der Waals surface area contributed by atoms with E-state index in [2.05, 4.69) is 15.1 Å². The first kappa shape index (κ1) is 20.9. The number of rotatable bonds is 5. The maximum absolute atomic E-state index is 12.3. The molecule has 0 unspecified atom stereocenters. The minimum atomic E-state index is -4.52.